The van der Waals surface area contributed by atoms with Crippen LogP contribution in [0.5, 0.6) is 5.75 Å². The highest BCUT2D eigenvalue weighted by Gasteiger charge is 2.14. The van der Waals surface area contributed by atoms with Gasteiger partial charge >= 0.3 is 0 Å². The van der Waals surface area contributed by atoms with Crippen LogP contribution in [0, 0.1) is 5.82 Å². The van der Waals surface area contributed by atoms with Crippen molar-refractivity contribution in [3.8, 4) is 17.0 Å². The maximum atomic E-state index is 13.1. The SMILES string of the molecule is COc1ccc(Cl)cc1NC(=O)Cn1ncn2nc(-c3ccc(F)cc3)cc2c1=O. The van der Waals surface area contributed by atoms with Gasteiger partial charge < -0.3 is 10.1 Å². The largest absolute Gasteiger partial charge is 0.495 e. The van der Waals surface area contributed by atoms with Gasteiger partial charge in [0, 0.05) is 10.6 Å². The van der Waals surface area contributed by atoms with Crippen LogP contribution in [0.25, 0.3) is 16.8 Å². The molecule has 8 nitrogen and oxygen atoms in total. The Morgan fingerprint density at radius 3 is 2.70 bits per heavy atom. The second-order valence-corrected chi connectivity index (χ2v) is 6.79. The fraction of sp³-hybridized carbons (Fsp3) is 0.100. The minimum absolute atomic E-state index is 0.234. The molecule has 0 unspecified atom stereocenters. The molecule has 30 heavy (non-hydrogen) atoms. The van der Waals surface area contributed by atoms with Crippen molar-refractivity contribution in [2.75, 3.05) is 12.4 Å². The van der Waals surface area contributed by atoms with Gasteiger partial charge in [-0.15, -0.1) is 0 Å². The lowest BCUT2D eigenvalue weighted by Crippen LogP contribution is -2.30. The number of carbonyl (C=O) groups excluding carboxylic acids is 1. The lowest BCUT2D eigenvalue weighted by atomic mass is 10.1. The molecule has 0 aliphatic heterocycles. The van der Waals surface area contributed by atoms with Gasteiger partial charge in [-0.2, -0.15) is 10.2 Å². The molecular weight excluding hydrogens is 413 g/mol. The van der Waals surface area contributed by atoms with Crippen LogP contribution in [0.15, 0.2) is 59.7 Å². The van der Waals surface area contributed by atoms with Crippen LogP contribution in [0.1, 0.15) is 0 Å². The summed E-state index contributed by atoms with van der Waals surface area (Å²) < 4.78 is 20.7. The zero-order valence-electron chi connectivity index (χ0n) is 15.7. The van der Waals surface area contributed by atoms with Crippen molar-refractivity contribution in [1.29, 1.82) is 0 Å². The van der Waals surface area contributed by atoms with E-state index in [9.17, 15) is 14.0 Å². The van der Waals surface area contributed by atoms with E-state index in [2.05, 4.69) is 15.5 Å². The maximum Gasteiger partial charge on any atom is 0.293 e. The molecule has 2 aromatic carbocycles. The summed E-state index contributed by atoms with van der Waals surface area (Å²) >= 11 is 5.96. The van der Waals surface area contributed by atoms with Crippen molar-refractivity contribution in [1.82, 2.24) is 19.4 Å². The Morgan fingerprint density at radius 1 is 1.20 bits per heavy atom. The van der Waals surface area contributed by atoms with Crippen molar-refractivity contribution in [2.24, 2.45) is 0 Å². The summed E-state index contributed by atoms with van der Waals surface area (Å²) in [6.07, 6.45) is 1.33. The Hall–Kier alpha value is -3.72. The van der Waals surface area contributed by atoms with Crippen LogP contribution in [0.4, 0.5) is 10.1 Å². The zero-order chi connectivity index (χ0) is 21.3. The van der Waals surface area contributed by atoms with Gasteiger partial charge in [-0.1, -0.05) is 11.6 Å². The van der Waals surface area contributed by atoms with Gasteiger partial charge in [0.05, 0.1) is 18.5 Å². The van der Waals surface area contributed by atoms with E-state index >= 15 is 0 Å². The fourth-order valence-electron chi connectivity index (χ4n) is 2.92. The Labute approximate surface area is 174 Å². The number of aromatic nitrogens is 4. The molecule has 152 valence electrons. The predicted molar refractivity (Wildman–Crippen MR) is 109 cm³/mol. The molecule has 0 fully saturated rings. The molecule has 0 spiro atoms. The number of halogens is 2. The molecule has 1 amide bonds. The number of hydrogen-bond acceptors (Lipinski definition) is 5. The number of amides is 1. The molecule has 4 rings (SSSR count). The molecule has 0 radical (unpaired) electrons. The summed E-state index contributed by atoms with van der Waals surface area (Å²) in [6, 6.07) is 12.1. The molecule has 2 aromatic heterocycles. The first-order chi connectivity index (χ1) is 14.4. The monoisotopic (exact) mass is 427 g/mol. The van der Waals surface area contributed by atoms with Crippen molar-refractivity contribution < 1.29 is 13.9 Å². The fourth-order valence-corrected chi connectivity index (χ4v) is 3.09. The summed E-state index contributed by atoms with van der Waals surface area (Å²) in [6.45, 7) is -0.317. The average molecular weight is 428 g/mol. The Kier molecular flexibility index (Phi) is 5.20. The van der Waals surface area contributed by atoms with E-state index < -0.39 is 11.5 Å². The Balaban J connectivity index is 1.60. The standard InChI is InChI=1S/C20H15ClFN5O3/c1-30-18-7-4-13(21)8-16(18)24-19(28)10-26-20(29)17-9-15(25-27(17)11-23-26)12-2-5-14(22)6-3-12/h2-9,11H,10H2,1H3,(H,24,28). The van der Waals surface area contributed by atoms with E-state index in [1.807, 2.05) is 0 Å². The van der Waals surface area contributed by atoms with Crippen LogP contribution in [-0.2, 0) is 11.3 Å². The average Bonchev–Trinajstić information content (AvgIpc) is 3.16. The van der Waals surface area contributed by atoms with Crippen molar-refractivity contribution in [2.45, 2.75) is 6.54 Å². The van der Waals surface area contributed by atoms with Gasteiger partial charge in [0.25, 0.3) is 5.56 Å². The minimum atomic E-state index is -0.494. The molecule has 0 bridgehead atoms. The lowest BCUT2D eigenvalue weighted by molar-refractivity contribution is -0.117. The first-order valence-electron chi connectivity index (χ1n) is 8.79. The Morgan fingerprint density at radius 2 is 1.97 bits per heavy atom. The van der Waals surface area contributed by atoms with E-state index in [0.29, 0.717) is 27.7 Å². The van der Waals surface area contributed by atoms with Gasteiger partial charge in [0.1, 0.15) is 30.0 Å². The number of anilines is 1. The highest BCUT2D eigenvalue weighted by molar-refractivity contribution is 6.31. The predicted octanol–water partition coefficient (Wildman–Crippen LogP) is 3.00. The third-order valence-corrected chi connectivity index (χ3v) is 4.59. The zero-order valence-corrected chi connectivity index (χ0v) is 16.4. The normalized spacial score (nSPS) is 10.9. The number of nitrogens with one attached hydrogen (secondary N) is 1. The lowest BCUT2D eigenvalue weighted by Gasteiger charge is -2.11. The number of benzene rings is 2. The van der Waals surface area contributed by atoms with Crippen molar-refractivity contribution in [3.63, 3.8) is 0 Å². The number of ether oxygens (including phenoxy) is 1. The third-order valence-electron chi connectivity index (χ3n) is 4.36. The Bertz CT molecular complexity index is 1300. The summed E-state index contributed by atoms with van der Waals surface area (Å²) in [7, 11) is 1.47. The molecule has 0 aliphatic rings. The van der Waals surface area contributed by atoms with Crippen LogP contribution >= 0.6 is 11.6 Å². The molecule has 2 heterocycles. The summed E-state index contributed by atoms with van der Waals surface area (Å²) in [5.74, 6) is -0.412. The molecule has 1 N–H and O–H groups in total. The van der Waals surface area contributed by atoms with E-state index in [0.717, 1.165) is 4.68 Å². The molecule has 0 aliphatic carbocycles. The van der Waals surface area contributed by atoms with Gasteiger partial charge in [-0.3, -0.25) is 9.59 Å². The van der Waals surface area contributed by atoms with Gasteiger partial charge in [-0.05, 0) is 48.5 Å². The highest BCUT2D eigenvalue weighted by Crippen LogP contribution is 2.27. The number of methoxy groups -OCH3 is 1. The van der Waals surface area contributed by atoms with Crippen LogP contribution in [0.2, 0.25) is 5.02 Å². The first kappa shape index (κ1) is 19.6. The number of nitrogens with zero attached hydrogens (tertiary/aromatic N) is 4. The number of fused-ring (bicyclic) bond motifs is 1. The summed E-state index contributed by atoms with van der Waals surface area (Å²) in [5.41, 5.74) is 1.26. The number of hydrogen-bond donors (Lipinski definition) is 1. The topological polar surface area (TPSA) is 90.5 Å². The summed E-state index contributed by atoms with van der Waals surface area (Å²) in [4.78, 5) is 25.2. The third kappa shape index (κ3) is 3.87. The first-order valence-corrected chi connectivity index (χ1v) is 9.17. The van der Waals surface area contributed by atoms with E-state index in [1.54, 1.807) is 36.4 Å². The van der Waals surface area contributed by atoms with Crippen LogP contribution in [-0.4, -0.2) is 32.4 Å². The molecule has 0 saturated carbocycles. The molecule has 0 atom stereocenters. The van der Waals surface area contributed by atoms with Gasteiger partial charge in [0.2, 0.25) is 5.91 Å². The van der Waals surface area contributed by atoms with Crippen molar-refractivity contribution >= 4 is 28.7 Å². The highest BCUT2D eigenvalue weighted by atomic mass is 35.5. The van der Waals surface area contributed by atoms with E-state index in [4.69, 9.17) is 16.3 Å². The molecule has 0 saturated heterocycles. The van der Waals surface area contributed by atoms with Crippen molar-refractivity contribution in [3.05, 3.63) is 76.1 Å². The van der Waals surface area contributed by atoms with Crippen LogP contribution in [0.3, 0.4) is 0 Å². The van der Waals surface area contributed by atoms with E-state index in [-0.39, 0.29) is 17.9 Å². The van der Waals surface area contributed by atoms with Gasteiger partial charge in [-0.25, -0.2) is 13.6 Å². The van der Waals surface area contributed by atoms with Gasteiger partial charge in [0.15, 0.2) is 0 Å². The molecular formula is C20H15ClFN5O3. The molecule has 4 aromatic rings. The minimum Gasteiger partial charge on any atom is -0.495 e. The number of rotatable bonds is 5. The quantitative estimate of drug-likeness (QED) is 0.528. The molecule has 10 heteroatoms. The smallest absolute Gasteiger partial charge is 0.293 e. The second kappa shape index (κ2) is 7.96. The summed E-state index contributed by atoms with van der Waals surface area (Å²) in [5, 5.41) is 11.4. The number of carbonyl (C=O) groups is 1. The maximum absolute atomic E-state index is 13.1. The second-order valence-electron chi connectivity index (χ2n) is 6.35. The van der Waals surface area contributed by atoms with E-state index in [1.165, 1.54) is 30.1 Å². The van der Waals surface area contributed by atoms with Crippen LogP contribution < -0.4 is 15.6 Å².